The van der Waals surface area contributed by atoms with Crippen LogP contribution in [0, 0.1) is 0 Å². The third-order valence-corrected chi connectivity index (χ3v) is 5.19. The predicted molar refractivity (Wildman–Crippen MR) is 120 cm³/mol. The van der Waals surface area contributed by atoms with Crippen molar-refractivity contribution in [2.75, 3.05) is 91.6 Å². The first-order valence-electron chi connectivity index (χ1n) is 11.1. The number of rotatable bonds is 11. The lowest BCUT2D eigenvalue weighted by atomic mass is 10.3. The Bertz CT molecular complexity index is 675. The number of carboxylic acids is 3. The van der Waals surface area contributed by atoms with Crippen molar-refractivity contribution in [1.29, 1.82) is 0 Å². The van der Waals surface area contributed by atoms with Gasteiger partial charge in [0, 0.05) is 72.4 Å². The standard InChI is InChI=1S/C20H36N6O8/c1-16(27)21-2-3-22-17(28)12-23-4-6-24(13-18(29)30)8-10-26(15-20(33)34)11-9-25(7-5-23)14-19(31)32/h2-15H2,1H3,(H,21,27)(H,22,28)(H,29,30)(H,31,32)(H,33,34). The Morgan fingerprint density at radius 1 is 0.559 bits per heavy atom. The number of hydrogen-bond acceptors (Lipinski definition) is 9. The summed E-state index contributed by atoms with van der Waals surface area (Å²) >= 11 is 0. The van der Waals surface area contributed by atoms with E-state index in [4.69, 9.17) is 0 Å². The molecule has 14 heteroatoms. The van der Waals surface area contributed by atoms with Crippen molar-refractivity contribution in [3.05, 3.63) is 0 Å². The maximum absolute atomic E-state index is 12.4. The van der Waals surface area contributed by atoms with Gasteiger partial charge < -0.3 is 26.0 Å². The van der Waals surface area contributed by atoms with Crippen LogP contribution in [0.25, 0.3) is 0 Å². The van der Waals surface area contributed by atoms with Crippen LogP contribution >= 0.6 is 0 Å². The predicted octanol–water partition coefficient (Wildman–Crippen LogP) is -3.29. The molecule has 1 aliphatic heterocycles. The van der Waals surface area contributed by atoms with Crippen molar-refractivity contribution in [3.8, 4) is 0 Å². The van der Waals surface area contributed by atoms with Gasteiger partial charge in [-0.2, -0.15) is 0 Å². The van der Waals surface area contributed by atoms with E-state index in [9.17, 15) is 39.3 Å². The summed E-state index contributed by atoms with van der Waals surface area (Å²) in [4.78, 5) is 63.9. The van der Waals surface area contributed by atoms with Gasteiger partial charge in [-0.05, 0) is 0 Å². The van der Waals surface area contributed by atoms with Gasteiger partial charge in [-0.15, -0.1) is 0 Å². The zero-order chi connectivity index (χ0) is 25.5. The molecule has 194 valence electrons. The number of nitrogens with one attached hydrogen (secondary N) is 2. The number of aliphatic carboxylic acids is 3. The molecule has 0 unspecified atom stereocenters. The average molecular weight is 489 g/mol. The van der Waals surface area contributed by atoms with Gasteiger partial charge in [-0.3, -0.25) is 43.6 Å². The summed E-state index contributed by atoms with van der Waals surface area (Å²) in [6.07, 6.45) is 0. The van der Waals surface area contributed by atoms with Crippen LogP contribution in [-0.4, -0.2) is 156 Å². The molecule has 5 N–H and O–H groups in total. The molecule has 0 aliphatic carbocycles. The monoisotopic (exact) mass is 488 g/mol. The number of carboxylic acid groups (broad SMARTS) is 3. The minimum absolute atomic E-state index is 0.0348. The van der Waals surface area contributed by atoms with Gasteiger partial charge >= 0.3 is 17.9 Å². The Labute approximate surface area is 198 Å². The highest BCUT2D eigenvalue weighted by molar-refractivity contribution is 5.78. The Balaban J connectivity index is 2.85. The Kier molecular flexibility index (Phi) is 13.7. The highest BCUT2D eigenvalue weighted by atomic mass is 16.4. The highest BCUT2D eigenvalue weighted by Crippen LogP contribution is 2.01. The lowest BCUT2D eigenvalue weighted by Gasteiger charge is -2.32. The van der Waals surface area contributed by atoms with E-state index in [2.05, 4.69) is 10.6 Å². The lowest BCUT2D eigenvalue weighted by molar-refractivity contribution is -0.140. The molecular weight excluding hydrogens is 452 g/mol. The van der Waals surface area contributed by atoms with E-state index in [0.29, 0.717) is 58.9 Å². The minimum Gasteiger partial charge on any atom is -0.480 e. The maximum atomic E-state index is 12.4. The van der Waals surface area contributed by atoms with Gasteiger partial charge in [0.15, 0.2) is 0 Å². The second-order valence-electron chi connectivity index (χ2n) is 8.12. The van der Waals surface area contributed by atoms with Gasteiger partial charge in [0.25, 0.3) is 0 Å². The molecule has 0 spiro atoms. The molecule has 1 fully saturated rings. The fourth-order valence-electron chi connectivity index (χ4n) is 3.48. The van der Waals surface area contributed by atoms with Crippen molar-refractivity contribution >= 4 is 29.7 Å². The Morgan fingerprint density at radius 3 is 1.15 bits per heavy atom. The summed E-state index contributed by atoms with van der Waals surface area (Å²) in [5, 5.41) is 32.9. The van der Waals surface area contributed by atoms with Gasteiger partial charge in [0.1, 0.15) is 0 Å². The topological polar surface area (TPSA) is 183 Å². The zero-order valence-electron chi connectivity index (χ0n) is 19.6. The molecule has 0 atom stereocenters. The van der Waals surface area contributed by atoms with Gasteiger partial charge in [-0.25, -0.2) is 0 Å². The molecule has 1 aliphatic rings. The van der Waals surface area contributed by atoms with Crippen LogP contribution in [0.2, 0.25) is 0 Å². The van der Waals surface area contributed by atoms with Crippen LogP contribution in [0.5, 0.6) is 0 Å². The molecule has 0 bridgehead atoms. The minimum atomic E-state index is -1.02. The number of nitrogens with zero attached hydrogens (tertiary/aromatic N) is 4. The second kappa shape index (κ2) is 15.9. The molecular formula is C20H36N6O8. The first-order chi connectivity index (χ1) is 16.0. The van der Waals surface area contributed by atoms with Crippen molar-refractivity contribution in [1.82, 2.24) is 30.2 Å². The zero-order valence-corrected chi connectivity index (χ0v) is 19.6. The number of amides is 2. The molecule has 0 aromatic carbocycles. The summed E-state index contributed by atoms with van der Waals surface area (Å²) in [5.74, 6) is -3.49. The van der Waals surface area contributed by atoms with E-state index in [0.717, 1.165) is 0 Å². The van der Waals surface area contributed by atoms with Crippen LogP contribution < -0.4 is 10.6 Å². The smallest absolute Gasteiger partial charge is 0.317 e. The van der Waals surface area contributed by atoms with Crippen molar-refractivity contribution < 1.29 is 39.3 Å². The van der Waals surface area contributed by atoms with Crippen LogP contribution in [0.15, 0.2) is 0 Å². The molecule has 0 aromatic heterocycles. The van der Waals surface area contributed by atoms with Gasteiger partial charge in [-0.1, -0.05) is 0 Å². The van der Waals surface area contributed by atoms with Crippen molar-refractivity contribution in [2.45, 2.75) is 6.92 Å². The molecule has 1 heterocycles. The van der Waals surface area contributed by atoms with E-state index in [-0.39, 0.29) is 44.5 Å². The maximum Gasteiger partial charge on any atom is 0.317 e. The number of carbonyl (C=O) groups is 5. The molecule has 0 saturated carbocycles. The summed E-state index contributed by atoms with van der Waals surface area (Å²) in [5.41, 5.74) is 0. The summed E-state index contributed by atoms with van der Waals surface area (Å²) in [6.45, 7) is 3.97. The largest absolute Gasteiger partial charge is 0.480 e. The van der Waals surface area contributed by atoms with E-state index in [1.54, 1.807) is 14.7 Å². The van der Waals surface area contributed by atoms with E-state index in [1.165, 1.54) is 6.92 Å². The first kappa shape index (κ1) is 29.2. The number of hydrogen-bond donors (Lipinski definition) is 5. The van der Waals surface area contributed by atoms with Gasteiger partial charge in [0.05, 0.1) is 26.2 Å². The van der Waals surface area contributed by atoms with Crippen LogP contribution in [0.3, 0.4) is 0 Å². The van der Waals surface area contributed by atoms with E-state index >= 15 is 0 Å². The first-order valence-corrected chi connectivity index (χ1v) is 11.1. The third-order valence-electron chi connectivity index (χ3n) is 5.19. The molecule has 1 rings (SSSR count). The fraction of sp³-hybridized carbons (Fsp3) is 0.750. The third kappa shape index (κ3) is 14.4. The van der Waals surface area contributed by atoms with Gasteiger partial charge in [0.2, 0.25) is 11.8 Å². The van der Waals surface area contributed by atoms with Crippen molar-refractivity contribution in [2.24, 2.45) is 0 Å². The SMILES string of the molecule is CC(=O)NCCNC(=O)CN1CCN(CC(=O)O)CCN(CC(=O)O)CCN(CC(=O)O)CC1. The van der Waals surface area contributed by atoms with E-state index in [1.807, 2.05) is 4.90 Å². The molecule has 14 nitrogen and oxygen atoms in total. The normalized spacial score (nSPS) is 17.8. The summed E-state index contributed by atoms with van der Waals surface area (Å²) < 4.78 is 0. The number of carbonyl (C=O) groups excluding carboxylic acids is 2. The highest BCUT2D eigenvalue weighted by Gasteiger charge is 2.21. The van der Waals surface area contributed by atoms with E-state index < -0.39 is 17.9 Å². The van der Waals surface area contributed by atoms with Crippen LogP contribution in [0.1, 0.15) is 6.92 Å². The molecule has 34 heavy (non-hydrogen) atoms. The molecule has 1 saturated heterocycles. The lowest BCUT2D eigenvalue weighted by Crippen LogP contribution is -2.50. The fourth-order valence-corrected chi connectivity index (χ4v) is 3.48. The quantitative estimate of drug-likeness (QED) is 0.183. The van der Waals surface area contributed by atoms with Crippen molar-refractivity contribution in [3.63, 3.8) is 0 Å². The summed E-state index contributed by atoms with van der Waals surface area (Å²) in [6, 6.07) is 0. The Hall–Kier alpha value is -2.81. The molecule has 0 aromatic rings. The molecule has 2 amide bonds. The van der Waals surface area contributed by atoms with Crippen LogP contribution in [0.4, 0.5) is 0 Å². The van der Waals surface area contributed by atoms with Crippen LogP contribution in [-0.2, 0) is 24.0 Å². The second-order valence-corrected chi connectivity index (χ2v) is 8.12. The summed E-state index contributed by atoms with van der Waals surface area (Å²) in [7, 11) is 0. The average Bonchev–Trinajstić information content (AvgIpc) is 2.71. The Morgan fingerprint density at radius 2 is 0.853 bits per heavy atom. The molecule has 0 radical (unpaired) electrons.